The summed E-state index contributed by atoms with van der Waals surface area (Å²) in [5.74, 6) is 0. The fraction of sp³-hybridized carbons (Fsp3) is 1.00. The zero-order valence-corrected chi connectivity index (χ0v) is 10.4. The molecule has 0 amide bonds. The van der Waals surface area contributed by atoms with Crippen LogP contribution in [0.15, 0.2) is 0 Å². The highest BCUT2D eigenvalue weighted by atomic mass is 16.5. The molecular weight excluding hydrogens is 204 g/mol. The topological polar surface area (TPSA) is 47.7 Å². The lowest BCUT2D eigenvalue weighted by Gasteiger charge is -2.46. The monoisotopic (exact) mass is 228 g/mol. The summed E-state index contributed by atoms with van der Waals surface area (Å²) in [6.07, 6.45) is 2.48. The smallest absolute Gasteiger partial charge is 0.0831 e. The van der Waals surface area contributed by atoms with Gasteiger partial charge in [-0.3, -0.25) is 4.90 Å². The molecule has 0 aliphatic carbocycles. The normalized spacial score (nSPS) is 32.8. The molecule has 2 aliphatic rings. The van der Waals surface area contributed by atoms with Gasteiger partial charge < -0.3 is 15.2 Å². The molecule has 2 saturated heterocycles. The first kappa shape index (κ1) is 12.3. The fourth-order valence-corrected chi connectivity index (χ4v) is 2.79. The fourth-order valence-electron chi connectivity index (χ4n) is 2.79. The van der Waals surface area contributed by atoms with Crippen LogP contribution in [0.25, 0.3) is 0 Å². The Morgan fingerprint density at radius 2 is 2.00 bits per heavy atom. The number of hydrogen-bond donors (Lipinski definition) is 1. The molecule has 0 aromatic carbocycles. The van der Waals surface area contributed by atoms with Crippen LogP contribution in [0.1, 0.15) is 26.7 Å². The van der Waals surface area contributed by atoms with Crippen LogP contribution in [0.4, 0.5) is 0 Å². The van der Waals surface area contributed by atoms with Gasteiger partial charge in [0.1, 0.15) is 0 Å². The van der Waals surface area contributed by atoms with Gasteiger partial charge in [-0.2, -0.15) is 0 Å². The highest BCUT2D eigenvalue weighted by molar-refractivity contribution is 4.88. The van der Waals surface area contributed by atoms with Crippen molar-refractivity contribution >= 4 is 0 Å². The lowest BCUT2D eigenvalue weighted by molar-refractivity contribution is -0.147. The number of nitrogens with zero attached hydrogens (tertiary/aromatic N) is 1. The third-order valence-electron chi connectivity index (χ3n) is 3.48. The van der Waals surface area contributed by atoms with Crippen LogP contribution in [0.2, 0.25) is 0 Å². The van der Waals surface area contributed by atoms with Crippen molar-refractivity contribution in [2.45, 2.75) is 44.4 Å². The van der Waals surface area contributed by atoms with Crippen LogP contribution in [-0.2, 0) is 9.47 Å². The number of ether oxygens (including phenoxy) is 2. The summed E-state index contributed by atoms with van der Waals surface area (Å²) < 4.78 is 11.4. The maximum absolute atomic E-state index is 5.95. The molecule has 4 heteroatoms. The summed E-state index contributed by atoms with van der Waals surface area (Å²) in [6.45, 7) is 8.70. The van der Waals surface area contributed by atoms with Crippen molar-refractivity contribution in [2.24, 2.45) is 5.73 Å². The molecule has 1 unspecified atom stereocenters. The number of morpholine rings is 1. The first-order valence-electron chi connectivity index (χ1n) is 6.30. The Morgan fingerprint density at radius 1 is 1.31 bits per heavy atom. The predicted octanol–water partition coefficient (Wildman–Crippen LogP) is 0.604. The second-order valence-electron chi connectivity index (χ2n) is 5.51. The van der Waals surface area contributed by atoms with Crippen LogP contribution >= 0.6 is 0 Å². The summed E-state index contributed by atoms with van der Waals surface area (Å²) in [5, 5.41) is 0. The van der Waals surface area contributed by atoms with E-state index in [1.807, 2.05) is 0 Å². The molecule has 16 heavy (non-hydrogen) atoms. The van der Waals surface area contributed by atoms with Crippen molar-refractivity contribution in [3.63, 3.8) is 0 Å². The molecular formula is C12H24N2O2. The van der Waals surface area contributed by atoms with E-state index in [0.717, 1.165) is 39.1 Å². The quantitative estimate of drug-likeness (QED) is 0.752. The molecule has 0 aromatic rings. The van der Waals surface area contributed by atoms with Crippen molar-refractivity contribution in [1.29, 1.82) is 0 Å². The van der Waals surface area contributed by atoms with E-state index in [-0.39, 0.29) is 11.7 Å². The van der Waals surface area contributed by atoms with Crippen molar-refractivity contribution in [3.8, 4) is 0 Å². The van der Waals surface area contributed by atoms with Gasteiger partial charge in [-0.15, -0.1) is 0 Å². The van der Waals surface area contributed by atoms with Gasteiger partial charge in [0.2, 0.25) is 0 Å². The largest absolute Gasteiger partial charge is 0.381 e. The van der Waals surface area contributed by atoms with E-state index in [9.17, 15) is 0 Å². The Kier molecular flexibility index (Phi) is 3.85. The average Bonchev–Trinajstić information content (AvgIpc) is 2.28. The van der Waals surface area contributed by atoms with Crippen molar-refractivity contribution in [2.75, 3.05) is 32.8 Å². The summed E-state index contributed by atoms with van der Waals surface area (Å²) >= 11 is 0. The molecule has 1 atom stereocenters. The summed E-state index contributed by atoms with van der Waals surface area (Å²) in [6, 6.07) is 0.658. The van der Waals surface area contributed by atoms with E-state index in [1.165, 1.54) is 0 Å². The van der Waals surface area contributed by atoms with Crippen LogP contribution in [0.3, 0.4) is 0 Å². The summed E-state index contributed by atoms with van der Waals surface area (Å²) in [7, 11) is 0. The highest BCUT2D eigenvalue weighted by Gasteiger charge is 2.36. The van der Waals surface area contributed by atoms with E-state index < -0.39 is 0 Å². The van der Waals surface area contributed by atoms with Crippen LogP contribution in [0, 0.1) is 0 Å². The number of nitrogens with two attached hydrogens (primary N) is 1. The molecule has 2 rings (SSSR count). The van der Waals surface area contributed by atoms with Gasteiger partial charge >= 0.3 is 0 Å². The van der Waals surface area contributed by atoms with Crippen LogP contribution in [0.5, 0.6) is 0 Å². The molecule has 2 N–H and O–H groups in total. The molecule has 94 valence electrons. The number of rotatable bonds is 2. The SMILES string of the molecule is CC1(C)CN(C2CCOCC2)CC(CN)O1. The Bertz CT molecular complexity index is 227. The van der Waals surface area contributed by atoms with Gasteiger partial charge in [-0.25, -0.2) is 0 Å². The average molecular weight is 228 g/mol. The third kappa shape index (κ3) is 2.94. The van der Waals surface area contributed by atoms with Gasteiger partial charge in [0.15, 0.2) is 0 Å². The maximum atomic E-state index is 5.95. The molecule has 0 spiro atoms. The third-order valence-corrected chi connectivity index (χ3v) is 3.48. The Labute approximate surface area is 98.1 Å². The van der Waals surface area contributed by atoms with E-state index >= 15 is 0 Å². The lowest BCUT2D eigenvalue weighted by Crippen LogP contribution is -2.58. The molecule has 0 radical (unpaired) electrons. The maximum Gasteiger partial charge on any atom is 0.0831 e. The Morgan fingerprint density at radius 3 is 2.62 bits per heavy atom. The summed E-state index contributed by atoms with van der Waals surface area (Å²) in [4.78, 5) is 2.55. The van der Waals surface area contributed by atoms with Crippen molar-refractivity contribution in [3.05, 3.63) is 0 Å². The zero-order chi connectivity index (χ0) is 11.6. The molecule has 0 bridgehead atoms. The van der Waals surface area contributed by atoms with Crippen LogP contribution in [-0.4, -0.2) is 55.5 Å². The molecule has 0 saturated carbocycles. The minimum Gasteiger partial charge on any atom is -0.381 e. The first-order valence-corrected chi connectivity index (χ1v) is 6.30. The van der Waals surface area contributed by atoms with Crippen LogP contribution < -0.4 is 5.73 Å². The predicted molar refractivity (Wildman–Crippen MR) is 63.4 cm³/mol. The molecule has 2 aliphatic heterocycles. The Hall–Kier alpha value is -0.160. The summed E-state index contributed by atoms with van der Waals surface area (Å²) in [5.41, 5.74) is 5.67. The van der Waals surface area contributed by atoms with Crippen molar-refractivity contribution < 1.29 is 9.47 Å². The molecule has 4 nitrogen and oxygen atoms in total. The molecule has 0 aromatic heterocycles. The van der Waals surface area contributed by atoms with Gasteiger partial charge in [0, 0.05) is 38.9 Å². The molecule has 2 heterocycles. The second-order valence-corrected chi connectivity index (χ2v) is 5.51. The standard InChI is InChI=1S/C12H24N2O2/c1-12(2)9-14(8-11(7-13)16-12)10-3-5-15-6-4-10/h10-11H,3-9,13H2,1-2H3. The Balaban J connectivity index is 1.97. The van der Waals surface area contributed by atoms with E-state index in [4.69, 9.17) is 15.2 Å². The first-order chi connectivity index (χ1) is 7.61. The van der Waals surface area contributed by atoms with Gasteiger partial charge in [-0.1, -0.05) is 0 Å². The van der Waals surface area contributed by atoms with Gasteiger partial charge in [0.05, 0.1) is 11.7 Å². The minimum atomic E-state index is -0.0689. The van der Waals surface area contributed by atoms with E-state index in [0.29, 0.717) is 12.6 Å². The van der Waals surface area contributed by atoms with Gasteiger partial charge in [0.25, 0.3) is 0 Å². The van der Waals surface area contributed by atoms with Gasteiger partial charge in [-0.05, 0) is 26.7 Å². The van der Waals surface area contributed by atoms with E-state index in [2.05, 4.69) is 18.7 Å². The second kappa shape index (κ2) is 5.00. The van der Waals surface area contributed by atoms with Crippen molar-refractivity contribution in [1.82, 2.24) is 4.90 Å². The molecule has 2 fully saturated rings. The van der Waals surface area contributed by atoms with E-state index in [1.54, 1.807) is 0 Å². The minimum absolute atomic E-state index is 0.0689. The lowest BCUT2D eigenvalue weighted by atomic mass is 9.99. The highest BCUT2D eigenvalue weighted by Crippen LogP contribution is 2.25. The zero-order valence-electron chi connectivity index (χ0n) is 10.4. The number of hydrogen-bond acceptors (Lipinski definition) is 4.